The average Bonchev–Trinajstić information content (AvgIpc) is 2.10. The van der Waals surface area contributed by atoms with E-state index in [0.29, 0.717) is 0 Å². The van der Waals surface area contributed by atoms with E-state index in [1.807, 2.05) is 44.2 Å². The summed E-state index contributed by atoms with van der Waals surface area (Å²) in [7, 11) is 0. The van der Waals surface area contributed by atoms with Gasteiger partial charge in [0.05, 0.1) is 6.10 Å². The predicted molar refractivity (Wildman–Crippen MR) is 48.4 cm³/mol. The van der Waals surface area contributed by atoms with Gasteiger partial charge in [-0.25, -0.2) is 0 Å². The molecule has 1 aromatic rings. The normalized spacial score (nSPS) is 11.3. The Morgan fingerprint density at radius 1 is 1.09 bits per heavy atom. The molecule has 62 valence electrons. The molecule has 0 spiro atoms. The predicted octanol–water partition coefficient (Wildman–Crippen LogP) is 2.77. The summed E-state index contributed by atoms with van der Waals surface area (Å²) < 4.78 is 0. The van der Waals surface area contributed by atoms with Gasteiger partial charge in [0.15, 0.2) is 0 Å². The number of hydrogen-bond donors (Lipinski definition) is 1. The Morgan fingerprint density at radius 3 is 1.82 bits per heavy atom. The highest BCUT2D eigenvalue weighted by molar-refractivity contribution is 5.16. The first-order chi connectivity index (χ1) is 5.30. The average molecular weight is 152 g/mol. The molecular formula is C10H16O. The summed E-state index contributed by atoms with van der Waals surface area (Å²) in [5.74, 6) is 0. The minimum absolute atomic E-state index is 0.341. The molecule has 0 bridgehead atoms. The Hall–Kier alpha value is -0.820. The Balaban J connectivity index is 0.000000461. The second-order valence-corrected chi connectivity index (χ2v) is 2.09. The zero-order valence-corrected chi connectivity index (χ0v) is 7.41. The summed E-state index contributed by atoms with van der Waals surface area (Å²) in [4.78, 5) is 0. The molecule has 0 fully saturated rings. The molecule has 0 radical (unpaired) electrons. The van der Waals surface area contributed by atoms with Crippen molar-refractivity contribution >= 4 is 0 Å². The topological polar surface area (TPSA) is 20.2 Å². The third-order valence-corrected chi connectivity index (χ3v) is 1.28. The summed E-state index contributed by atoms with van der Waals surface area (Å²) >= 11 is 0. The molecule has 1 heteroatoms. The smallest absolute Gasteiger partial charge is 0.0761 e. The van der Waals surface area contributed by atoms with Crippen LogP contribution in [-0.4, -0.2) is 5.11 Å². The maximum Gasteiger partial charge on any atom is 0.0761 e. The minimum atomic E-state index is -0.341. The van der Waals surface area contributed by atoms with E-state index in [2.05, 4.69) is 0 Å². The number of hydrogen-bond acceptors (Lipinski definition) is 1. The SMILES string of the molecule is CC.CC(O)c1ccccc1. The summed E-state index contributed by atoms with van der Waals surface area (Å²) in [6, 6.07) is 9.59. The summed E-state index contributed by atoms with van der Waals surface area (Å²) in [6.45, 7) is 5.76. The van der Waals surface area contributed by atoms with E-state index in [1.165, 1.54) is 0 Å². The summed E-state index contributed by atoms with van der Waals surface area (Å²) in [6.07, 6.45) is -0.341. The highest BCUT2D eigenvalue weighted by atomic mass is 16.3. The summed E-state index contributed by atoms with van der Waals surface area (Å²) in [5.41, 5.74) is 0.970. The Kier molecular flexibility index (Phi) is 5.49. The third-order valence-electron chi connectivity index (χ3n) is 1.28. The van der Waals surface area contributed by atoms with Gasteiger partial charge in [0.1, 0.15) is 0 Å². The maximum atomic E-state index is 9.02. The zero-order valence-electron chi connectivity index (χ0n) is 7.41. The van der Waals surface area contributed by atoms with Crippen LogP contribution in [-0.2, 0) is 0 Å². The van der Waals surface area contributed by atoms with E-state index in [-0.39, 0.29) is 6.10 Å². The fraction of sp³-hybridized carbons (Fsp3) is 0.400. The van der Waals surface area contributed by atoms with Crippen LogP contribution in [0.2, 0.25) is 0 Å². The van der Waals surface area contributed by atoms with Crippen LogP contribution in [0.5, 0.6) is 0 Å². The van der Waals surface area contributed by atoms with Crippen molar-refractivity contribution in [3.05, 3.63) is 35.9 Å². The highest BCUT2D eigenvalue weighted by Gasteiger charge is 1.95. The first kappa shape index (κ1) is 10.2. The molecule has 0 aromatic heterocycles. The third kappa shape index (κ3) is 3.79. The van der Waals surface area contributed by atoms with Crippen molar-refractivity contribution in [1.82, 2.24) is 0 Å². The van der Waals surface area contributed by atoms with Crippen LogP contribution in [0.25, 0.3) is 0 Å². The quantitative estimate of drug-likeness (QED) is 0.656. The molecule has 0 aliphatic carbocycles. The van der Waals surface area contributed by atoms with Crippen LogP contribution in [0.1, 0.15) is 32.4 Å². The van der Waals surface area contributed by atoms with Gasteiger partial charge in [-0.3, -0.25) is 0 Å². The van der Waals surface area contributed by atoms with Gasteiger partial charge in [-0.15, -0.1) is 0 Å². The van der Waals surface area contributed by atoms with Crippen LogP contribution in [0.15, 0.2) is 30.3 Å². The van der Waals surface area contributed by atoms with E-state index in [9.17, 15) is 0 Å². The van der Waals surface area contributed by atoms with E-state index >= 15 is 0 Å². The lowest BCUT2D eigenvalue weighted by atomic mass is 10.1. The van der Waals surface area contributed by atoms with Crippen molar-refractivity contribution in [2.45, 2.75) is 26.9 Å². The Bertz CT molecular complexity index is 167. The van der Waals surface area contributed by atoms with E-state index < -0.39 is 0 Å². The van der Waals surface area contributed by atoms with Gasteiger partial charge < -0.3 is 5.11 Å². The number of aliphatic hydroxyl groups excluding tert-OH is 1. The van der Waals surface area contributed by atoms with Crippen molar-refractivity contribution in [2.75, 3.05) is 0 Å². The molecule has 1 aromatic carbocycles. The van der Waals surface area contributed by atoms with E-state index in [1.54, 1.807) is 6.92 Å². The largest absolute Gasteiger partial charge is 0.389 e. The van der Waals surface area contributed by atoms with Gasteiger partial charge in [0, 0.05) is 0 Å². The van der Waals surface area contributed by atoms with Gasteiger partial charge in [0.25, 0.3) is 0 Å². The first-order valence-electron chi connectivity index (χ1n) is 4.03. The lowest BCUT2D eigenvalue weighted by Gasteiger charge is -2.00. The lowest BCUT2D eigenvalue weighted by molar-refractivity contribution is 0.199. The molecular weight excluding hydrogens is 136 g/mol. The van der Waals surface area contributed by atoms with E-state index in [4.69, 9.17) is 5.11 Å². The number of benzene rings is 1. The number of aliphatic hydroxyl groups is 1. The van der Waals surface area contributed by atoms with Crippen molar-refractivity contribution in [2.24, 2.45) is 0 Å². The van der Waals surface area contributed by atoms with E-state index in [0.717, 1.165) is 5.56 Å². The molecule has 0 saturated carbocycles. The standard InChI is InChI=1S/C8H10O.C2H6/c1-7(9)8-5-3-2-4-6-8;1-2/h2-7,9H,1H3;1-2H3. The van der Waals surface area contributed by atoms with Crippen LogP contribution in [0.4, 0.5) is 0 Å². The van der Waals surface area contributed by atoms with Crippen molar-refractivity contribution < 1.29 is 5.11 Å². The molecule has 0 amide bonds. The second kappa shape index (κ2) is 5.93. The van der Waals surface area contributed by atoms with Crippen molar-refractivity contribution in [3.63, 3.8) is 0 Å². The van der Waals surface area contributed by atoms with Gasteiger partial charge in [0.2, 0.25) is 0 Å². The van der Waals surface area contributed by atoms with Crippen LogP contribution in [0, 0.1) is 0 Å². The molecule has 11 heavy (non-hydrogen) atoms. The molecule has 0 aliphatic rings. The lowest BCUT2D eigenvalue weighted by Crippen LogP contribution is -1.87. The monoisotopic (exact) mass is 152 g/mol. The fourth-order valence-electron chi connectivity index (χ4n) is 0.732. The highest BCUT2D eigenvalue weighted by Crippen LogP contribution is 2.08. The molecule has 1 nitrogen and oxygen atoms in total. The fourth-order valence-corrected chi connectivity index (χ4v) is 0.732. The first-order valence-corrected chi connectivity index (χ1v) is 4.03. The van der Waals surface area contributed by atoms with Crippen LogP contribution >= 0.6 is 0 Å². The van der Waals surface area contributed by atoms with Gasteiger partial charge >= 0.3 is 0 Å². The zero-order chi connectivity index (χ0) is 8.69. The Morgan fingerprint density at radius 2 is 1.55 bits per heavy atom. The maximum absolute atomic E-state index is 9.02. The molecule has 1 unspecified atom stereocenters. The van der Waals surface area contributed by atoms with Gasteiger partial charge in [-0.1, -0.05) is 44.2 Å². The van der Waals surface area contributed by atoms with Crippen molar-refractivity contribution in [3.8, 4) is 0 Å². The molecule has 0 heterocycles. The second-order valence-electron chi connectivity index (χ2n) is 2.09. The molecule has 1 atom stereocenters. The minimum Gasteiger partial charge on any atom is -0.389 e. The molecule has 1 rings (SSSR count). The number of rotatable bonds is 1. The van der Waals surface area contributed by atoms with Crippen molar-refractivity contribution in [1.29, 1.82) is 0 Å². The summed E-state index contributed by atoms with van der Waals surface area (Å²) in [5, 5.41) is 9.02. The van der Waals surface area contributed by atoms with Crippen LogP contribution in [0.3, 0.4) is 0 Å². The van der Waals surface area contributed by atoms with Crippen LogP contribution < -0.4 is 0 Å². The Labute approximate surface area is 68.7 Å². The molecule has 0 saturated heterocycles. The van der Waals surface area contributed by atoms with Gasteiger partial charge in [-0.2, -0.15) is 0 Å². The molecule has 1 N–H and O–H groups in total. The molecule has 0 aliphatic heterocycles. The van der Waals surface area contributed by atoms with Gasteiger partial charge in [-0.05, 0) is 12.5 Å².